The molecule has 5 N–H and O–H groups in total. The van der Waals surface area contributed by atoms with Crippen molar-refractivity contribution in [3.05, 3.63) is 0 Å². The van der Waals surface area contributed by atoms with Crippen LogP contribution < -0.4 is 10.6 Å². The SMILES string of the molecule is O=C(NCCO[C@@H]1OC(CO)[C@H](O)[C@H](O)C1NC(=O)OCC(Cl)(Cl)Cl)OCC(Cl)(Cl)Cl. The minimum absolute atomic E-state index is 0.106. The van der Waals surface area contributed by atoms with Crippen LogP contribution in [-0.4, -0.2) is 98.7 Å². The van der Waals surface area contributed by atoms with Crippen molar-refractivity contribution in [3.8, 4) is 0 Å². The van der Waals surface area contributed by atoms with E-state index < -0.39 is 70.2 Å². The molecule has 0 spiro atoms. The first kappa shape index (κ1) is 29.1. The first-order valence-corrected chi connectivity index (χ1v) is 10.7. The minimum atomic E-state index is -1.87. The smallest absolute Gasteiger partial charge is 0.407 e. The van der Waals surface area contributed by atoms with E-state index in [1.165, 1.54) is 0 Å². The van der Waals surface area contributed by atoms with Crippen molar-refractivity contribution in [1.82, 2.24) is 10.6 Å². The Morgan fingerprint density at radius 2 is 1.48 bits per heavy atom. The number of carbonyl (C=O) groups excluding carboxylic acids is 2. The molecule has 5 atom stereocenters. The Labute approximate surface area is 207 Å². The second-order valence-electron chi connectivity index (χ2n) is 6.06. The van der Waals surface area contributed by atoms with Gasteiger partial charge in [-0.3, -0.25) is 0 Å². The van der Waals surface area contributed by atoms with Gasteiger partial charge in [0.1, 0.15) is 37.6 Å². The number of alkyl halides is 6. The highest BCUT2D eigenvalue weighted by Crippen LogP contribution is 2.27. The molecule has 0 radical (unpaired) electrons. The van der Waals surface area contributed by atoms with Crippen molar-refractivity contribution in [2.45, 2.75) is 38.2 Å². The Morgan fingerprint density at radius 1 is 0.935 bits per heavy atom. The van der Waals surface area contributed by atoms with Crippen LogP contribution in [0.25, 0.3) is 0 Å². The number of carbonyl (C=O) groups is 2. The number of aliphatic hydroxyl groups excluding tert-OH is 3. The minimum Gasteiger partial charge on any atom is -0.445 e. The average Bonchev–Trinajstić information content (AvgIpc) is 2.65. The van der Waals surface area contributed by atoms with Gasteiger partial charge >= 0.3 is 12.2 Å². The Balaban J connectivity index is 2.61. The second-order valence-corrected chi connectivity index (χ2v) is 11.1. The number of nitrogens with one attached hydrogen (secondary N) is 2. The molecule has 11 nitrogen and oxygen atoms in total. The van der Waals surface area contributed by atoms with Crippen molar-refractivity contribution in [2.24, 2.45) is 0 Å². The monoisotopic (exact) mass is 570 g/mol. The molecule has 1 aliphatic rings. The fourth-order valence-electron chi connectivity index (χ4n) is 2.23. The van der Waals surface area contributed by atoms with Gasteiger partial charge in [0.25, 0.3) is 0 Å². The summed E-state index contributed by atoms with van der Waals surface area (Å²) in [6.07, 6.45) is -7.73. The molecule has 0 aromatic rings. The molecule has 1 fully saturated rings. The number of halogens is 6. The van der Waals surface area contributed by atoms with Crippen LogP contribution in [0.5, 0.6) is 0 Å². The topological polar surface area (TPSA) is 156 Å². The van der Waals surface area contributed by atoms with E-state index in [1.54, 1.807) is 0 Å². The van der Waals surface area contributed by atoms with Crippen molar-refractivity contribution >= 4 is 81.8 Å². The summed E-state index contributed by atoms with van der Waals surface area (Å²) in [7, 11) is 0. The molecule has 31 heavy (non-hydrogen) atoms. The summed E-state index contributed by atoms with van der Waals surface area (Å²) in [5.41, 5.74) is 0. The molecular formula is C14H20Cl6N2O9. The zero-order valence-corrected chi connectivity index (χ0v) is 20.0. The lowest BCUT2D eigenvalue weighted by Crippen LogP contribution is -2.65. The van der Waals surface area contributed by atoms with Gasteiger partial charge in [0.2, 0.25) is 7.59 Å². The average molecular weight is 573 g/mol. The Morgan fingerprint density at radius 3 is 2.00 bits per heavy atom. The van der Waals surface area contributed by atoms with Gasteiger partial charge < -0.3 is 44.9 Å². The number of hydrogen-bond donors (Lipinski definition) is 5. The van der Waals surface area contributed by atoms with Gasteiger partial charge in [-0.25, -0.2) is 9.59 Å². The number of aliphatic hydroxyl groups is 3. The zero-order valence-electron chi connectivity index (χ0n) is 15.5. The predicted molar refractivity (Wildman–Crippen MR) is 112 cm³/mol. The fourth-order valence-corrected chi connectivity index (χ4v) is 2.56. The van der Waals surface area contributed by atoms with Gasteiger partial charge in [0.05, 0.1) is 13.2 Å². The van der Waals surface area contributed by atoms with Gasteiger partial charge in [-0.1, -0.05) is 69.6 Å². The highest BCUT2D eigenvalue weighted by atomic mass is 35.6. The maximum Gasteiger partial charge on any atom is 0.407 e. The third-order valence-corrected chi connectivity index (χ3v) is 4.21. The van der Waals surface area contributed by atoms with E-state index in [-0.39, 0.29) is 13.2 Å². The van der Waals surface area contributed by atoms with Gasteiger partial charge in [0.15, 0.2) is 6.29 Å². The number of rotatable bonds is 8. The lowest BCUT2D eigenvalue weighted by atomic mass is 9.97. The van der Waals surface area contributed by atoms with E-state index in [0.29, 0.717) is 0 Å². The van der Waals surface area contributed by atoms with Crippen molar-refractivity contribution in [2.75, 3.05) is 33.0 Å². The van der Waals surface area contributed by atoms with E-state index in [0.717, 1.165) is 0 Å². The molecule has 1 rings (SSSR count). The molecule has 2 amide bonds. The zero-order chi connectivity index (χ0) is 23.8. The molecule has 1 heterocycles. The predicted octanol–water partition coefficient (Wildman–Crippen LogP) is 1.00. The maximum absolute atomic E-state index is 11.9. The van der Waals surface area contributed by atoms with Crippen LogP contribution in [0.4, 0.5) is 9.59 Å². The van der Waals surface area contributed by atoms with Gasteiger partial charge in [-0.05, 0) is 0 Å². The highest BCUT2D eigenvalue weighted by Gasteiger charge is 2.46. The number of ether oxygens (including phenoxy) is 4. The molecule has 1 aliphatic heterocycles. The van der Waals surface area contributed by atoms with Gasteiger partial charge in [0, 0.05) is 6.54 Å². The molecule has 182 valence electrons. The number of alkyl carbamates (subject to hydrolysis) is 2. The van der Waals surface area contributed by atoms with Gasteiger partial charge in [-0.15, -0.1) is 0 Å². The van der Waals surface area contributed by atoms with Crippen LogP contribution in [-0.2, 0) is 18.9 Å². The molecule has 0 aromatic carbocycles. The number of amides is 2. The molecular weight excluding hydrogens is 553 g/mol. The summed E-state index contributed by atoms with van der Waals surface area (Å²) >= 11 is 32.8. The lowest BCUT2D eigenvalue weighted by Gasteiger charge is -2.42. The van der Waals surface area contributed by atoms with Crippen molar-refractivity contribution in [1.29, 1.82) is 0 Å². The summed E-state index contributed by atoms with van der Waals surface area (Å²) in [4.78, 5) is 23.4. The summed E-state index contributed by atoms with van der Waals surface area (Å²) in [6.45, 7) is -2.03. The first-order chi connectivity index (χ1) is 14.2. The van der Waals surface area contributed by atoms with Crippen molar-refractivity contribution < 1.29 is 43.9 Å². The fraction of sp³-hybridized carbons (Fsp3) is 0.857. The summed E-state index contributed by atoms with van der Waals surface area (Å²) in [5.74, 6) is 0. The molecule has 0 aromatic heterocycles. The third-order valence-electron chi connectivity index (χ3n) is 3.55. The van der Waals surface area contributed by atoms with E-state index >= 15 is 0 Å². The van der Waals surface area contributed by atoms with Crippen LogP contribution in [0.15, 0.2) is 0 Å². The van der Waals surface area contributed by atoms with Crippen LogP contribution in [0.3, 0.4) is 0 Å². The Bertz CT molecular complexity index is 592. The molecule has 17 heteroatoms. The Hall–Kier alpha value is 0.0800. The summed E-state index contributed by atoms with van der Waals surface area (Å²) in [5, 5.41) is 34.1. The summed E-state index contributed by atoms with van der Waals surface area (Å²) < 4.78 is 16.4. The maximum atomic E-state index is 11.9. The highest BCUT2D eigenvalue weighted by molar-refractivity contribution is 6.68. The molecule has 2 unspecified atom stereocenters. The standard InChI is InChI=1S/C14H20Cl6N2O9/c15-13(16,17)4-29-11(26)21-1-2-28-10-7(9(25)8(24)6(3-23)31-10)22-12(27)30-5-14(18,19)20/h6-10,23-25H,1-5H2,(H,21,26)(H,22,27)/t6?,7?,8-,9+,10+/m0/s1. The quantitative estimate of drug-likeness (QED) is 0.211. The third kappa shape index (κ3) is 11.7. The molecule has 1 saturated heterocycles. The van der Waals surface area contributed by atoms with Crippen molar-refractivity contribution in [3.63, 3.8) is 0 Å². The first-order valence-electron chi connectivity index (χ1n) is 8.45. The second kappa shape index (κ2) is 13.1. The van der Waals surface area contributed by atoms with Crippen LogP contribution in [0.2, 0.25) is 0 Å². The largest absolute Gasteiger partial charge is 0.445 e. The van der Waals surface area contributed by atoms with Gasteiger partial charge in [-0.2, -0.15) is 0 Å². The molecule has 0 bridgehead atoms. The van der Waals surface area contributed by atoms with E-state index in [2.05, 4.69) is 15.4 Å². The summed E-state index contributed by atoms with van der Waals surface area (Å²) in [6, 6.07) is -1.34. The normalized spacial score (nSPS) is 26.8. The lowest BCUT2D eigenvalue weighted by molar-refractivity contribution is -0.269. The van der Waals surface area contributed by atoms with E-state index in [4.69, 9.17) is 83.8 Å². The molecule has 0 saturated carbocycles. The number of hydrogen-bond acceptors (Lipinski definition) is 9. The van der Waals surface area contributed by atoms with E-state index in [9.17, 15) is 24.9 Å². The molecule has 0 aliphatic carbocycles. The van der Waals surface area contributed by atoms with E-state index in [1.807, 2.05) is 0 Å². The van der Waals surface area contributed by atoms with Crippen LogP contribution >= 0.6 is 69.6 Å². The van der Waals surface area contributed by atoms with Crippen LogP contribution in [0.1, 0.15) is 0 Å². The van der Waals surface area contributed by atoms with Crippen LogP contribution in [0, 0.1) is 0 Å². The Kier molecular flexibility index (Phi) is 12.3.